The van der Waals surface area contributed by atoms with Crippen molar-refractivity contribution in [3.63, 3.8) is 0 Å². The van der Waals surface area contributed by atoms with Crippen LogP contribution in [0.25, 0.3) is 0 Å². The first-order valence-electron chi connectivity index (χ1n) is 5.87. The summed E-state index contributed by atoms with van der Waals surface area (Å²) in [5.74, 6) is 0. The van der Waals surface area contributed by atoms with Gasteiger partial charge in [-0.25, -0.2) is 0 Å². The van der Waals surface area contributed by atoms with E-state index in [0.717, 1.165) is 23.4 Å². The minimum atomic E-state index is 0.202. The van der Waals surface area contributed by atoms with Crippen molar-refractivity contribution in [1.82, 2.24) is 0 Å². The van der Waals surface area contributed by atoms with Gasteiger partial charge in [0.05, 0.1) is 12.7 Å². The third kappa shape index (κ3) is 3.21. The van der Waals surface area contributed by atoms with Crippen LogP contribution in [0.4, 0.5) is 0 Å². The Kier molecular flexibility index (Phi) is 4.22. The van der Waals surface area contributed by atoms with Crippen molar-refractivity contribution in [3.8, 4) is 0 Å². The summed E-state index contributed by atoms with van der Waals surface area (Å²) in [5.41, 5.74) is 7.14. The van der Waals surface area contributed by atoms with E-state index in [9.17, 15) is 0 Å². The first kappa shape index (κ1) is 11.9. The molecule has 2 atom stereocenters. The normalized spacial score (nSPS) is 25.6. The van der Waals surface area contributed by atoms with Gasteiger partial charge in [0.15, 0.2) is 0 Å². The lowest BCUT2D eigenvalue weighted by atomic mass is 9.93. The molecule has 1 aliphatic rings. The third-order valence-electron chi connectivity index (χ3n) is 3.11. The minimum Gasteiger partial charge on any atom is -0.372 e. The maximum atomic E-state index is 6.02. The highest BCUT2D eigenvalue weighted by molar-refractivity contribution is 6.30. The SMILES string of the molecule is NC1CCCCC1OCc1cccc(Cl)c1. The van der Waals surface area contributed by atoms with Crippen LogP contribution in [-0.4, -0.2) is 12.1 Å². The average molecular weight is 240 g/mol. The Balaban J connectivity index is 1.86. The van der Waals surface area contributed by atoms with Crippen molar-refractivity contribution in [3.05, 3.63) is 34.9 Å². The van der Waals surface area contributed by atoms with Crippen LogP contribution in [0, 0.1) is 0 Å². The maximum absolute atomic E-state index is 6.02. The summed E-state index contributed by atoms with van der Waals surface area (Å²) in [6.07, 6.45) is 4.85. The zero-order chi connectivity index (χ0) is 11.4. The van der Waals surface area contributed by atoms with Crippen molar-refractivity contribution < 1.29 is 4.74 Å². The summed E-state index contributed by atoms with van der Waals surface area (Å²) in [4.78, 5) is 0. The number of nitrogens with two attached hydrogens (primary N) is 1. The summed E-state index contributed by atoms with van der Waals surface area (Å²) in [6.45, 7) is 0.610. The molecule has 3 heteroatoms. The molecular weight excluding hydrogens is 222 g/mol. The molecule has 1 aromatic rings. The van der Waals surface area contributed by atoms with Gasteiger partial charge in [0.2, 0.25) is 0 Å². The average Bonchev–Trinajstić information content (AvgIpc) is 2.28. The van der Waals surface area contributed by atoms with E-state index in [2.05, 4.69) is 0 Å². The summed E-state index contributed by atoms with van der Waals surface area (Å²) in [5, 5.41) is 0.758. The van der Waals surface area contributed by atoms with Gasteiger partial charge in [-0.3, -0.25) is 0 Å². The molecule has 0 heterocycles. The van der Waals surface area contributed by atoms with Crippen LogP contribution in [0.3, 0.4) is 0 Å². The first-order valence-corrected chi connectivity index (χ1v) is 6.25. The molecule has 1 fully saturated rings. The molecule has 0 spiro atoms. The Hall–Kier alpha value is -0.570. The highest BCUT2D eigenvalue weighted by Gasteiger charge is 2.22. The fourth-order valence-corrected chi connectivity index (χ4v) is 2.38. The monoisotopic (exact) mass is 239 g/mol. The van der Waals surface area contributed by atoms with Gasteiger partial charge in [-0.1, -0.05) is 36.6 Å². The molecule has 0 aromatic heterocycles. The van der Waals surface area contributed by atoms with Crippen molar-refractivity contribution in [2.45, 2.75) is 44.4 Å². The molecule has 1 aromatic carbocycles. The van der Waals surface area contributed by atoms with Crippen LogP contribution >= 0.6 is 11.6 Å². The van der Waals surface area contributed by atoms with Crippen LogP contribution in [0.5, 0.6) is 0 Å². The second kappa shape index (κ2) is 5.67. The van der Waals surface area contributed by atoms with E-state index >= 15 is 0 Å². The van der Waals surface area contributed by atoms with E-state index in [0.29, 0.717) is 6.61 Å². The van der Waals surface area contributed by atoms with E-state index in [4.69, 9.17) is 22.1 Å². The summed E-state index contributed by atoms with van der Waals surface area (Å²) >= 11 is 5.91. The number of ether oxygens (including phenoxy) is 1. The van der Waals surface area contributed by atoms with Gasteiger partial charge < -0.3 is 10.5 Å². The Morgan fingerprint density at radius 2 is 2.12 bits per heavy atom. The fourth-order valence-electron chi connectivity index (χ4n) is 2.16. The molecule has 16 heavy (non-hydrogen) atoms. The Labute approximate surface area is 102 Å². The van der Waals surface area contributed by atoms with Crippen LogP contribution in [0.15, 0.2) is 24.3 Å². The Morgan fingerprint density at radius 3 is 2.88 bits per heavy atom. The molecular formula is C13H18ClNO. The highest BCUT2D eigenvalue weighted by atomic mass is 35.5. The molecule has 1 saturated carbocycles. The number of halogens is 1. The van der Waals surface area contributed by atoms with Gasteiger partial charge in [-0.2, -0.15) is 0 Å². The molecule has 0 amide bonds. The smallest absolute Gasteiger partial charge is 0.0730 e. The Morgan fingerprint density at radius 1 is 1.31 bits per heavy atom. The number of hydrogen-bond donors (Lipinski definition) is 1. The van der Waals surface area contributed by atoms with Gasteiger partial charge in [0.25, 0.3) is 0 Å². The number of hydrogen-bond acceptors (Lipinski definition) is 2. The van der Waals surface area contributed by atoms with Gasteiger partial charge in [-0.05, 0) is 30.5 Å². The summed E-state index contributed by atoms with van der Waals surface area (Å²) < 4.78 is 5.85. The lowest BCUT2D eigenvalue weighted by Crippen LogP contribution is -2.39. The first-order chi connectivity index (χ1) is 7.75. The van der Waals surface area contributed by atoms with Gasteiger partial charge in [0.1, 0.15) is 0 Å². The molecule has 0 bridgehead atoms. The molecule has 0 radical (unpaired) electrons. The van der Waals surface area contributed by atoms with E-state index in [-0.39, 0.29) is 12.1 Å². The second-order valence-electron chi connectivity index (χ2n) is 4.43. The predicted octanol–water partition coefficient (Wildman–Crippen LogP) is 3.13. The van der Waals surface area contributed by atoms with Gasteiger partial charge >= 0.3 is 0 Å². The van der Waals surface area contributed by atoms with Crippen LogP contribution in [-0.2, 0) is 11.3 Å². The van der Waals surface area contributed by atoms with E-state index in [1.165, 1.54) is 12.8 Å². The van der Waals surface area contributed by atoms with E-state index in [1.54, 1.807) is 0 Å². The van der Waals surface area contributed by atoms with E-state index in [1.807, 2.05) is 24.3 Å². The molecule has 0 saturated heterocycles. The zero-order valence-electron chi connectivity index (χ0n) is 9.36. The molecule has 1 aliphatic carbocycles. The van der Waals surface area contributed by atoms with Crippen molar-refractivity contribution in [1.29, 1.82) is 0 Å². The molecule has 2 unspecified atom stereocenters. The molecule has 2 nitrogen and oxygen atoms in total. The van der Waals surface area contributed by atoms with Crippen molar-refractivity contribution in [2.75, 3.05) is 0 Å². The van der Waals surface area contributed by atoms with Crippen molar-refractivity contribution in [2.24, 2.45) is 5.73 Å². The predicted molar refractivity (Wildman–Crippen MR) is 66.5 cm³/mol. The highest BCUT2D eigenvalue weighted by Crippen LogP contribution is 2.21. The standard InChI is InChI=1S/C13H18ClNO/c14-11-5-3-4-10(8-11)9-16-13-7-2-1-6-12(13)15/h3-5,8,12-13H,1-2,6-7,9,15H2. The molecule has 2 N–H and O–H groups in total. The largest absolute Gasteiger partial charge is 0.372 e. The lowest BCUT2D eigenvalue weighted by Gasteiger charge is -2.28. The second-order valence-corrected chi connectivity index (χ2v) is 4.86. The molecule has 88 valence electrons. The molecule has 2 rings (SSSR count). The van der Waals surface area contributed by atoms with Crippen LogP contribution in [0.2, 0.25) is 5.02 Å². The molecule has 0 aliphatic heterocycles. The quantitative estimate of drug-likeness (QED) is 0.880. The lowest BCUT2D eigenvalue weighted by molar-refractivity contribution is 0.00405. The fraction of sp³-hybridized carbons (Fsp3) is 0.538. The van der Waals surface area contributed by atoms with Crippen molar-refractivity contribution >= 4 is 11.6 Å². The zero-order valence-corrected chi connectivity index (χ0v) is 10.1. The Bertz CT molecular complexity index is 342. The van der Waals surface area contributed by atoms with Gasteiger partial charge in [0, 0.05) is 11.1 Å². The topological polar surface area (TPSA) is 35.2 Å². The van der Waals surface area contributed by atoms with Crippen LogP contribution in [0.1, 0.15) is 31.2 Å². The van der Waals surface area contributed by atoms with Crippen LogP contribution < -0.4 is 5.73 Å². The van der Waals surface area contributed by atoms with E-state index < -0.39 is 0 Å². The maximum Gasteiger partial charge on any atom is 0.0730 e. The minimum absolute atomic E-state index is 0.202. The summed E-state index contributed by atoms with van der Waals surface area (Å²) in [7, 11) is 0. The third-order valence-corrected chi connectivity index (χ3v) is 3.34. The summed E-state index contributed by atoms with van der Waals surface area (Å²) in [6, 6.07) is 7.99. The number of benzene rings is 1. The number of rotatable bonds is 3. The van der Waals surface area contributed by atoms with Gasteiger partial charge in [-0.15, -0.1) is 0 Å².